The van der Waals surface area contributed by atoms with E-state index in [0.29, 0.717) is 9.37 Å². The van der Waals surface area contributed by atoms with Crippen LogP contribution in [0, 0.1) is 0 Å². The van der Waals surface area contributed by atoms with Gasteiger partial charge in [0.15, 0.2) is 0 Å². The summed E-state index contributed by atoms with van der Waals surface area (Å²) < 4.78 is 5.35. The summed E-state index contributed by atoms with van der Waals surface area (Å²) in [5.41, 5.74) is -3.32. The van der Waals surface area contributed by atoms with Gasteiger partial charge in [-0.15, -0.1) is 0 Å². The average molecular weight is 432 g/mol. The Morgan fingerprint density at radius 2 is 1.67 bits per heavy atom. The number of carbonyl (C=O) groups excluding carboxylic acids is 3. The lowest BCUT2D eigenvalue weighted by Gasteiger charge is -2.30. The second-order valence-electron chi connectivity index (χ2n) is 5.70. The van der Waals surface area contributed by atoms with Crippen LogP contribution in [0.2, 0.25) is 0 Å². The number of methoxy groups -OCH3 is 1. The van der Waals surface area contributed by atoms with E-state index < -0.39 is 34.7 Å². The van der Waals surface area contributed by atoms with E-state index in [0.717, 1.165) is 7.11 Å². The summed E-state index contributed by atoms with van der Waals surface area (Å²) in [5, 5.41) is 21.8. The fraction of sp³-hybridized carbons (Fsp3) is 0.105. The molecule has 8 heteroatoms. The Morgan fingerprint density at radius 3 is 2.22 bits per heavy atom. The number of para-hydroxylation sites is 1. The van der Waals surface area contributed by atoms with Crippen LogP contribution in [0.3, 0.4) is 0 Å². The van der Waals surface area contributed by atoms with Gasteiger partial charge < -0.3 is 14.9 Å². The maximum Gasteiger partial charge on any atom is 0.365 e. The lowest BCUT2D eigenvalue weighted by atomic mass is 9.97. The second kappa shape index (κ2) is 6.98. The van der Waals surface area contributed by atoms with Crippen molar-refractivity contribution in [1.82, 2.24) is 0 Å². The van der Waals surface area contributed by atoms with Crippen LogP contribution in [-0.4, -0.2) is 40.7 Å². The Morgan fingerprint density at radius 1 is 1.07 bits per heavy atom. The van der Waals surface area contributed by atoms with E-state index in [1.807, 2.05) is 0 Å². The molecule has 0 bridgehead atoms. The summed E-state index contributed by atoms with van der Waals surface area (Å²) in [4.78, 5) is 38.3. The van der Waals surface area contributed by atoms with E-state index in [4.69, 9.17) is 0 Å². The third-order valence-corrected chi connectivity index (χ3v) is 4.66. The van der Waals surface area contributed by atoms with Gasteiger partial charge in [-0.2, -0.15) is 0 Å². The minimum Gasteiger partial charge on any atom is -0.507 e. The number of esters is 1. The Hall–Kier alpha value is -2.97. The third kappa shape index (κ3) is 2.92. The maximum absolute atomic E-state index is 12.6. The highest BCUT2D eigenvalue weighted by atomic mass is 79.9. The van der Waals surface area contributed by atoms with Crippen molar-refractivity contribution in [2.45, 2.75) is 5.72 Å². The number of Topliss-reactive ketones (excluding diaryl/α,β-unsaturated/α-hetero) is 1. The highest BCUT2D eigenvalue weighted by Gasteiger charge is 2.62. The molecule has 1 fully saturated rings. The number of aliphatic hydroxyl groups excluding tert-OH is 1. The van der Waals surface area contributed by atoms with Gasteiger partial charge in [0.25, 0.3) is 11.5 Å². The van der Waals surface area contributed by atoms with Gasteiger partial charge in [0.1, 0.15) is 11.3 Å². The molecule has 2 aromatic carbocycles. The number of anilines is 1. The summed E-state index contributed by atoms with van der Waals surface area (Å²) in [6.45, 7) is 0. The first-order valence-electron chi connectivity index (χ1n) is 7.76. The van der Waals surface area contributed by atoms with Crippen molar-refractivity contribution in [3.05, 3.63) is 70.2 Å². The van der Waals surface area contributed by atoms with Crippen molar-refractivity contribution in [3.8, 4) is 0 Å². The molecule has 138 valence electrons. The van der Waals surface area contributed by atoms with E-state index in [-0.39, 0.29) is 11.3 Å². The largest absolute Gasteiger partial charge is 0.507 e. The normalized spacial score (nSPS) is 21.4. The molecule has 1 atom stereocenters. The van der Waals surface area contributed by atoms with Gasteiger partial charge in [0.2, 0.25) is 0 Å². The van der Waals surface area contributed by atoms with Crippen molar-refractivity contribution in [2.75, 3.05) is 12.0 Å². The molecular weight excluding hydrogens is 418 g/mol. The summed E-state index contributed by atoms with van der Waals surface area (Å²) >= 11 is 3.25. The number of amides is 1. The number of nitrogens with zero attached hydrogens (tertiary/aromatic N) is 1. The first kappa shape index (κ1) is 18.8. The Labute approximate surface area is 162 Å². The lowest BCUT2D eigenvalue weighted by Crippen LogP contribution is -2.54. The molecule has 1 aliphatic rings. The topological polar surface area (TPSA) is 104 Å². The monoisotopic (exact) mass is 431 g/mol. The van der Waals surface area contributed by atoms with Crippen LogP contribution in [0.1, 0.15) is 5.56 Å². The molecule has 1 amide bonds. The number of ether oxygens (including phenoxy) is 1. The van der Waals surface area contributed by atoms with Crippen LogP contribution in [-0.2, 0) is 19.1 Å². The van der Waals surface area contributed by atoms with Crippen molar-refractivity contribution < 1.29 is 29.3 Å². The quantitative estimate of drug-likeness (QED) is 0.334. The molecule has 1 heterocycles. The van der Waals surface area contributed by atoms with Gasteiger partial charge in [-0.1, -0.05) is 46.3 Å². The minimum absolute atomic E-state index is 0.0994. The number of hydrogen-bond acceptors (Lipinski definition) is 6. The van der Waals surface area contributed by atoms with E-state index >= 15 is 0 Å². The standard InChI is InChI=1S/C19H14BrNO6/c1-27-18(25)19(26)14(15(22)11-7-9-12(20)10-8-11)16(23)17(24)21(19)13-5-3-2-4-6-13/h2-10,22,26H,1H3/b15-14-. The first-order valence-corrected chi connectivity index (χ1v) is 8.56. The van der Waals surface area contributed by atoms with Crippen LogP contribution in [0.25, 0.3) is 5.76 Å². The Kier molecular flexibility index (Phi) is 4.86. The van der Waals surface area contributed by atoms with E-state index in [2.05, 4.69) is 20.7 Å². The Balaban J connectivity index is 2.28. The average Bonchev–Trinajstić information content (AvgIpc) is 2.88. The molecule has 2 aromatic rings. The number of rotatable bonds is 3. The van der Waals surface area contributed by atoms with E-state index in [1.54, 1.807) is 30.3 Å². The summed E-state index contributed by atoms with van der Waals surface area (Å²) in [7, 11) is 1.01. The van der Waals surface area contributed by atoms with E-state index in [1.165, 1.54) is 24.3 Å². The van der Waals surface area contributed by atoms with Crippen LogP contribution >= 0.6 is 15.9 Å². The molecule has 1 saturated heterocycles. The lowest BCUT2D eigenvalue weighted by molar-refractivity contribution is -0.158. The SMILES string of the molecule is COC(=O)C1(O)/C(=C(\O)c2ccc(Br)cc2)C(=O)C(=O)N1c1ccccc1. The van der Waals surface area contributed by atoms with Crippen LogP contribution < -0.4 is 4.90 Å². The zero-order valence-corrected chi connectivity index (χ0v) is 15.6. The van der Waals surface area contributed by atoms with Crippen molar-refractivity contribution in [2.24, 2.45) is 0 Å². The molecule has 27 heavy (non-hydrogen) atoms. The van der Waals surface area contributed by atoms with Gasteiger partial charge in [-0.3, -0.25) is 14.5 Å². The molecule has 2 N–H and O–H groups in total. The highest BCUT2D eigenvalue weighted by molar-refractivity contribution is 9.10. The number of halogens is 1. The molecular formula is C19H14BrNO6. The van der Waals surface area contributed by atoms with Gasteiger partial charge >= 0.3 is 11.9 Å². The molecule has 0 spiro atoms. The molecule has 0 saturated carbocycles. The van der Waals surface area contributed by atoms with Gasteiger partial charge in [0.05, 0.1) is 7.11 Å². The highest BCUT2D eigenvalue weighted by Crippen LogP contribution is 2.39. The number of aliphatic hydroxyl groups is 2. The van der Waals surface area contributed by atoms with Crippen LogP contribution in [0.15, 0.2) is 64.6 Å². The van der Waals surface area contributed by atoms with Gasteiger partial charge in [0, 0.05) is 15.7 Å². The predicted molar refractivity (Wildman–Crippen MR) is 99.6 cm³/mol. The van der Waals surface area contributed by atoms with E-state index in [9.17, 15) is 24.6 Å². The van der Waals surface area contributed by atoms with Crippen LogP contribution in [0.5, 0.6) is 0 Å². The smallest absolute Gasteiger partial charge is 0.365 e. The number of carbonyl (C=O) groups is 3. The summed E-state index contributed by atoms with van der Waals surface area (Å²) in [5.74, 6) is -4.32. The zero-order chi connectivity index (χ0) is 19.8. The summed E-state index contributed by atoms with van der Waals surface area (Å²) in [6.07, 6.45) is 0. The molecule has 1 unspecified atom stereocenters. The van der Waals surface area contributed by atoms with Crippen molar-refractivity contribution in [3.63, 3.8) is 0 Å². The minimum atomic E-state index is -2.80. The molecule has 0 radical (unpaired) electrons. The molecule has 1 aliphatic heterocycles. The first-order chi connectivity index (χ1) is 12.8. The number of hydrogen-bond donors (Lipinski definition) is 2. The summed E-state index contributed by atoms with van der Waals surface area (Å²) in [6, 6.07) is 13.8. The van der Waals surface area contributed by atoms with Crippen LogP contribution in [0.4, 0.5) is 5.69 Å². The fourth-order valence-corrected chi connectivity index (χ4v) is 3.13. The van der Waals surface area contributed by atoms with Gasteiger partial charge in [-0.25, -0.2) is 4.79 Å². The number of benzene rings is 2. The maximum atomic E-state index is 12.6. The van der Waals surface area contributed by atoms with Crippen molar-refractivity contribution in [1.29, 1.82) is 0 Å². The van der Waals surface area contributed by atoms with Gasteiger partial charge in [-0.05, 0) is 24.3 Å². The fourth-order valence-electron chi connectivity index (χ4n) is 2.87. The predicted octanol–water partition coefficient (Wildman–Crippen LogP) is 2.20. The Bertz CT molecular complexity index is 954. The molecule has 0 aliphatic carbocycles. The van der Waals surface area contributed by atoms with Crippen molar-refractivity contribution >= 4 is 45.0 Å². The molecule has 0 aromatic heterocycles. The molecule has 7 nitrogen and oxygen atoms in total. The molecule has 3 rings (SSSR count). The third-order valence-electron chi connectivity index (χ3n) is 4.14. The zero-order valence-electron chi connectivity index (χ0n) is 14.0. The second-order valence-corrected chi connectivity index (χ2v) is 6.62. The number of ketones is 1.